The van der Waals surface area contributed by atoms with Gasteiger partial charge < -0.3 is 15.4 Å². The van der Waals surface area contributed by atoms with Crippen LogP contribution < -0.4 is 10.6 Å². The van der Waals surface area contributed by atoms with E-state index < -0.39 is 0 Å². The molecule has 0 rings (SSSR count). The summed E-state index contributed by atoms with van der Waals surface area (Å²) in [6, 6.07) is 0. The van der Waals surface area contributed by atoms with Crippen LogP contribution in [0.4, 0.5) is 0 Å². The van der Waals surface area contributed by atoms with E-state index in [4.69, 9.17) is 4.74 Å². The Labute approximate surface area is 86.4 Å². The second kappa shape index (κ2) is 10.5. The van der Waals surface area contributed by atoms with Crippen LogP contribution in [0.25, 0.3) is 0 Å². The lowest BCUT2D eigenvalue weighted by atomic mass is 10.4. The van der Waals surface area contributed by atoms with Crippen LogP contribution in [0.3, 0.4) is 0 Å². The number of carbonyl (C=O) groups excluding carboxylic acids is 1. The zero-order valence-electron chi connectivity index (χ0n) is 9.27. The van der Waals surface area contributed by atoms with Crippen LogP contribution in [0.2, 0.25) is 0 Å². The molecule has 0 aromatic carbocycles. The molecule has 0 unspecified atom stereocenters. The number of rotatable bonds is 9. The monoisotopic (exact) mass is 202 g/mol. The van der Waals surface area contributed by atoms with Crippen molar-refractivity contribution in [3.05, 3.63) is 0 Å². The lowest BCUT2D eigenvalue weighted by molar-refractivity contribution is -0.120. The molecule has 0 atom stereocenters. The summed E-state index contributed by atoms with van der Waals surface area (Å²) in [4.78, 5) is 10.8. The molecule has 0 aliphatic heterocycles. The maximum absolute atomic E-state index is 10.8. The minimum absolute atomic E-state index is 0.111. The Morgan fingerprint density at radius 3 is 2.43 bits per heavy atom. The summed E-state index contributed by atoms with van der Waals surface area (Å²) in [5, 5.41) is 5.86. The smallest absolute Gasteiger partial charge is 0.219 e. The zero-order chi connectivity index (χ0) is 10.6. The van der Waals surface area contributed by atoms with E-state index in [9.17, 15) is 4.79 Å². The van der Waals surface area contributed by atoms with Gasteiger partial charge in [0.05, 0.1) is 0 Å². The van der Waals surface area contributed by atoms with Gasteiger partial charge in [0, 0.05) is 26.2 Å². The molecular formula is C10H22N2O2. The van der Waals surface area contributed by atoms with Gasteiger partial charge in [-0.2, -0.15) is 0 Å². The predicted octanol–water partition coefficient (Wildman–Crippen LogP) is 0.529. The fourth-order valence-electron chi connectivity index (χ4n) is 0.980. The molecule has 0 saturated heterocycles. The Balaban J connectivity index is 2.95. The fourth-order valence-corrected chi connectivity index (χ4v) is 0.980. The van der Waals surface area contributed by atoms with Crippen molar-refractivity contribution < 1.29 is 9.53 Å². The van der Waals surface area contributed by atoms with Gasteiger partial charge in [-0.05, 0) is 26.4 Å². The highest BCUT2D eigenvalue weighted by Crippen LogP contribution is 1.85. The second-order valence-corrected chi connectivity index (χ2v) is 3.13. The molecule has 14 heavy (non-hydrogen) atoms. The number of nitrogens with one attached hydrogen (secondary N) is 2. The number of amides is 1. The Hall–Kier alpha value is -0.610. The van der Waals surface area contributed by atoms with Gasteiger partial charge in [0.2, 0.25) is 5.91 Å². The Kier molecular flexibility index (Phi) is 10.0. The largest absolute Gasteiger partial charge is 0.381 e. The van der Waals surface area contributed by atoms with E-state index in [1.807, 2.05) is 14.0 Å². The molecule has 0 heterocycles. The highest BCUT2D eigenvalue weighted by molar-refractivity contribution is 5.75. The van der Waals surface area contributed by atoms with Gasteiger partial charge in [0.25, 0.3) is 0 Å². The molecule has 84 valence electrons. The summed E-state index contributed by atoms with van der Waals surface area (Å²) in [5.41, 5.74) is 0. The summed E-state index contributed by atoms with van der Waals surface area (Å²) in [7, 11) is 1.93. The minimum Gasteiger partial charge on any atom is -0.381 e. The first-order valence-corrected chi connectivity index (χ1v) is 5.30. The first-order valence-electron chi connectivity index (χ1n) is 5.30. The van der Waals surface area contributed by atoms with Crippen molar-refractivity contribution in [3.63, 3.8) is 0 Å². The van der Waals surface area contributed by atoms with Crippen molar-refractivity contribution in [2.75, 3.05) is 33.4 Å². The van der Waals surface area contributed by atoms with Crippen molar-refractivity contribution in [1.82, 2.24) is 10.6 Å². The number of hydrogen-bond acceptors (Lipinski definition) is 3. The molecule has 0 aromatic heterocycles. The van der Waals surface area contributed by atoms with E-state index in [0.717, 1.165) is 39.1 Å². The molecule has 4 nitrogen and oxygen atoms in total. The van der Waals surface area contributed by atoms with Crippen molar-refractivity contribution in [2.45, 2.75) is 26.2 Å². The summed E-state index contributed by atoms with van der Waals surface area (Å²) in [6.45, 7) is 5.09. The third-order valence-corrected chi connectivity index (χ3v) is 1.82. The molecular weight excluding hydrogens is 180 g/mol. The highest BCUT2D eigenvalue weighted by Gasteiger charge is 1.94. The van der Waals surface area contributed by atoms with Crippen molar-refractivity contribution in [1.29, 1.82) is 0 Å². The highest BCUT2D eigenvalue weighted by atomic mass is 16.5. The van der Waals surface area contributed by atoms with E-state index in [1.54, 1.807) is 0 Å². The van der Waals surface area contributed by atoms with Crippen LogP contribution in [0, 0.1) is 0 Å². The topological polar surface area (TPSA) is 50.4 Å². The first-order chi connectivity index (χ1) is 6.81. The minimum atomic E-state index is 0.111. The fraction of sp³-hybridized carbons (Fsp3) is 0.900. The molecule has 0 aliphatic carbocycles. The molecule has 4 heteroatoms. The molecule has 2 N–H and O–H groups in total. The van der Waals surface area contributed by atoms with Gasteiger partial charge in [0.1, 0.15) is 0 Å². The molecule has 0 bridgehead atoms. The number of hydrogen-bond donors (Lipinski definition) is 2. The molecule has 0 saturated carbocycles. The predicted molar refractivity (Wildman–Crippen MR) is 57.3 cm³/mol. The number of carbonyl (C=O) groups is 1. The van der Waals surface area contributed by atoms with E-state index >= 15 is 0 Å². The van der Waals surface area contributed by atoms with Crippen LogP contribution in [0.15, 0.2) is 0 Å². The summed E-state index contributed by atoms with van der Waals surface area (Å²) < 4.78 is 5.36. The Bertz CT molecular complexity index is 140. The average molecular weight is 202 g/mol. The lowest BCUT2D eigenvalue weighted by Gasteiger charge is -2.05. The quantitative estimate of drug-likeness (QED) is 0.536. The molecule has 1 amide bonds. The van der Waals surface area contributed by atoms with E-state index in [2.05, 4.69) is 10.6 Å². The third-order valence-electron chi connectivity index (χ3n) is 1.82. The normalized spacial score (nSPS) is 10.1. The second-order valence-electron chi connectivity index (χ2n) is 3.13. The van der Waals surface area contributed by atoms with E-state index in [0.29, 0.717) is 6.42 Å². The average Bonchev–Trinajstić information content (AvgIpc) is 2.21. The first kappa shape index (κ1) is 13.4. The molecule has 0 aromatic rings. The molecule has 0 spiro atoms. The maximum atomic E-state index is 10.8. The van der Waals surface area contributed by atoms with Gasteiger partial charge in [-0.1, -0.05) is 6.92 Å². The summed E-state index contributed by atoms with van der Waals surface area (Å²) in [5.74, 6) is 0.111. The lowest BCUT2D eigenvalue weighted by Crippen LogP contribution is -2.24. The van der Waals surface area contributed by atoms with Crippen LogP contribution in [-0.4, -0.2) is 39.3 Å². The zero-order valence-corrected chi connectivity index (χ0v) is 9.27. The van der Waals surface area contributed by atoms with Crippen LogP contribution in [0.1, 0.15) is 26.2 Å². The van der Waals surface area contributed by atoms with Crippen molar-refractivity contribution >= 4 is 5.91 Å². The number of ether oxygens (including phenoxy) is 1. The van der Waals surface area contributed by atoms with Gasteiger partial charge in [-0.25, -0.2) is 0 Å². The molecule has 0 fully saturated rings. The standard InChI is InChI=1S/C10H22N2O2/c1-3-10(13)12-7-5-9-14-8-4-6-11-2/h11H,3-9H2,1-2H3,(H,12,13). The molecule has 0 aliphatic rings. The summed E-state index contributed by atoms with van der Waals surface area (Å²) in [6.07, 6.45) is 2.49. The van der Waals surface area contributed by atoms with E-state index in [-0.39, 0.29) is 5.91 Å². The Morgan fingerprint density at radius 1 is 1.21 bits per heavy atom. The van der Waals surface area contributed by atoms with Gasteiger partial charge in [-0.15, -0.1) is 0 Å². The summed E-state index contributed by atoms with van der Waals surface area (Å²) >= 11 is 0. The van der Waals surface area contributed by atoms with Crippen LogP contribution in [-0.2, 0) is 9.53 Å². The van der Waals surface area contributed by atoms with Gasteiger partial charge >= 0.3 is 0 Å². The van der Waals surface area contributed by atoms with Crippen molar-refractivity contribution in [2.24, 2.45) is 0 Å². The SMILES string of the molecule is CCC(=O)NCCCOCCCNC. The van der Waals surface area contributed by atoms with Crippen molar-refractivity contribution in [3.8, 4) is 0 Å². The van der Waals surface area contributed by atoms with E-state index in [1.165, 1.54) is 0 Å². The maximum Gasteiger partial charge on any atom is 0.219 e. The third kappa shape index (κ3) is 9.48. The van der Waals surface area contributed by atoms with Crippen LogP contribution in [0.5, 0.6) is 0 Å². The van der Waals surface area contributed by atoms with Crippen LogP contribution >= 0.6 is 0 Å². The Morgan fingerprint density at radius 2 is 1.86 bits per heavy atom. The molecule has 0 radical (unpaired) electrons. The van der Waals surface area contributed by atoms with Gasteiger partial charge in [-0.3, -0.25) is 4.79 Å². The van der Waals surface area contributed by atoms with Gasteiger partial charge in [0.15, 0.2) is 0 Å².